The molecule has 1 aliphatic rings. The zero-order valence-electron chi connectivity index (χ0n) is 11.5. The highest BCUT2D eigenvalue weighted by Gasteiger charge is 2.29. The Morgan fingerprint density at radius 2 is 2.20 bits per heavy atom. The lowest BCUT2D eigenvalue weighted by molar-refractivity contribution is -0.134. The Morgan fingerprint density at radius 3 is 2.85 bits per heavy atom. The zero-order valence-corrected chi connectivity index (χ0v) is 11.5. The van der Waals surface area contributed by atoms with Crippen LogP contribution in [0.3, 0.4) is 0 Å². The summed E-state index contributed by atoms with van der Waals surface area (Å²) in [6.45, 7) is -0.0980. The van der Waals surface area contributed by atoms with Crippen molar-refractivity contribution in [3.63, 3.8) is 0 Å². The monoisotopic (exact) mass is 280 g/mol. The van der Waals surface area contributed by atoms with Crippen LogP contribution in [0.15, 0.2) is 22.8 Å². The smallest absolute Gasteiger partial charge is 0.287 e. The quantitative estimate of drug-likeness (QED) is 0.853. The van der Waals surface area contributed by atoms with E-state index in [0.717, 1.165) is 25.7 Å². The van der Waals surface area contributed by atoms with Crippen LogP contribution in [-0.2, 0) is 4.79 Å². The molecular formula is C14H20N2O4. The molecular weight excluding hydrogens is 260 g/mol. The standard InChI is InChI=1S/C14H20N2O4/c1-16(10-5-2-3-6-11(10)17)13(18)9-15-14(19)12-7-4-8-20-12/h4,7-8,10-11,17H,2-3,5-6,9H2,1H3,(H,15,19). The largest absolute Gasteiger partial charge is 0.459 e. The van der Waals surface area contributed by atoms with Crippen LogP contribution in [0, 0.1) is 0 Å². The Kier molecular flexibility index (Phi) is 4.79. The third-order valence-electron chi connectivity index (χ3n) is 3.73. The van der Waals surface area contributed by atoms with E-state index in [0.29, 0.717) is 0 Å². The van der Waals surface area contributed by atoms with Gasteiger partial charge in [-0.3, -0.25) is 9.59 Å². The second-order valence-corrected chi connectivity index (χ2v) is 5.08. The van der Waals surface area contributed by atoms with Crippen molar-refractivity contribution in [1.29, 1.82) is 0 Å². The highest BCUT2D eigenvalue weighted by atomic mass is 16.3. The van der Waals surface area contributed by atoms with E-state index in [-0.39, 0.29) is 24.3 Å². The highest BCUT2D eigenvalue weighted by molar-refractivity contribution is 5.94. The molecule has 2 atom stereocenters. The van der Waals surface area contributed by atoms with Gasteiger partial charge in [-0.15, -0.1) is 0 Å². The van der Waals surface area contributed by atoms with Gasteiger partial charge in [0.05, 0.1) is 25.0 Å². The summed E-state index contributed by atoms with van der Waals surface area (Å²) in [4.78, 5) is 25.2. The van der Waals surface area contributed by atoms with Crippen molar-refractivity contribution in [1.82, 2.24) is 10.2 Å². The van der Waals surface area contributed by atoms with E-state index in [1.54, 1.807) is 13.1 Å². The Hall–Kier alpha value is -1.82. The molecule has 2 N–H and O–H groups in total. The maximum Gasteiger partial charge on any atom is 0.287 e. The third kappa shape index (κ3) is 3.39. The molecule has 2 unspecified atom stereocenters. The molecule has 1 aromatic heterocycles. The maximum absolute atomic E-state index is 12.0. The number of hydrogen-bond acceptors (Lipinski definition) is 4. The van der Waals surface area contributed by atoms with Gasteiger partial charge < -0.3 is 19.7 Å². The molecule has 0 aromatic carbocycles. The van der Waals surface area contributed by atoms with Gasteiger partial charge >= 0.3 is 0 Å². The number of amides is 2. The number of nitrogens with one attached hydrogen (secondary N) is 1. The Bertz CT molecular complexity index is 458. The maximum atomic E-state index is 12.0. The molecule has 1 heterocycles. The molecule has 1 fully saturated rings. The van der Waals surface area contributed by atoms with Crippen LogP contribution in [0.25, 0.3) is 0 Å². The van der Waals surface area contributed by atoms with Gasteiger partial charge in [-0.05, 0) is 25.0 Å². The second-order valence-electron chi connectivity index (χ2n) is 5.08. The summed E-state index contributed by atoms with van der Waals surface area (Å²) in [5, 5.41) is 12.4. The van der Waals surface area contributed by atoms with Crippen LogP contribution in [0.2, 0.25) is 0 Å². The van der Waals surface area contributed by atoms with Crippen molar-refractivity contribution >= 4 is 11.8 Å². The molecule has 6 heteroatoms. The van der Waals surface area contributed by atoms with E-state index >= 15 is 0 Å². The first kappa shape index (κ1) is 14.6. The summed E-state index contributed by atoms with van der Waals surface area (Å²) in [7, 11) is 1.67. The van der Waals surface area contributed by atoms with Crippen molar-refractivity contribution in [3.05, 3.63) is 24.2 Å². The van der Waals surface area contributed by atoms with E-state index < -0.39 is 12.0 Å². The molecule has 0 aliphatic heterocycles. The van der Waals surface area contributed by atoms with Crippen LogP contribution < -0.4 is 5.32 Å². The molecule has 0 bridgehead atoms. The van der Waals surface area contributed by atoms with Gasteiger partial charge in [-0.1, -0.05) is 12.8 Å². The number of aliphatic hydroxyl groups is 1. The molecule has 110 valence electrons. The predicted octanol–water partition coefficient (Wildman–Crippen LogP) is 0.771. The molecule has 0 spiro atoms. The van der Waals surface area contributed by atoms with Crippen molar-refractivity contribution in [2.24, 2.45) is 0 Å². The minimum atomic E-state index is -0.474. The normalized spacial score (nSPS) is 22.3. The molecule has 1 saturated carbocycles. The fraction of sp³-hybridized carbons (Fsp3) is 0.571. The first-order valence-electron chi connectivity index (χ1n) is 6.85. The number of carbonyl (C=O) groups is 2. The summed E-state index contributed by atoms with van der Waals surface area (Å²) in [5.41, 5.74) is 0. The summed E-state index contributed by atoms with van der Waals surface area (Å²) in [6, 6.07) is 2.99. The lowest BCUT2D eigenvalue weighted by Gasteiger charge is -2.35. The molecule has 1 aromatic rings. The number of carbonyl (C=O) groups excluding carboxylic acids is 2. The number of likely N-dealkylation sites (N-methyl/N-ethyl adjacent to an activating group) is 1. The predicted molar refractivity (Wildman–Crippen MR) is 72.1 cm³/mol. The van der Waals surface area contributed by atoms with E-state index in [9.17, 15) is 14.7 Å². The van der Waals surface area contributed by atoms with Crippen LogP contribution in [0.1, 0.15) is 36.2 Å². The fourth-order valence-electron chi connectivity index (χ4n) is 2.50. The molecule has 20 heavy (non-hydrogen) atoms. The summed E-state index contributed by atoms with van der Waals surface area (Å²) >= 11 is 0. The van der Waals surface area contributed by atoms with Gasteiger partial charge in [-0.25, -0.2) is 0 Å². The van der Waals surface area contributed by atoms with Gasteiger partial charge in [0.15, 0.2) is 5.76 Å². The zero-order chi connectivity index (χ0) is 14.5. The lowest BCUT2D eigenvalue weighted by Crippen LogP contribution is -2.49. The van der Waals surface area contributed by atoms with Gasteiger partial charge in [-0.2, -0.15) is 0 Å². The van der Waals surface area contributed by atoms with Crippen LogP contribution in [0.5, 0.6) is 0 Å². The summed E-state index contributed by atoms with van der Waals surface area (Å²) in [6.07, 6.45) is 4.46. The average Bonchev–Trinajstić information content (AvgIpc) is 2.98. The molecule has 1 aliphatic carbocycles. The van der Waals surface area contributed by atoms with Gasteiger partial charge in [0, 0.05) is 7.05 Å². The SMILES string of the molecule is CN(C(=O)CNC(=O)c1ccco1)C1CCCCC1O. The van der Waals surface area contributed by atoms with E-state index in [2.05, 4.69) is 5.32 Å². The second kappa shape index (κ2) is 6.56. The molecule has 0 radical (unpaired) electrons. The van der Waals surface area contributed by atoms with Crippen molar-refractivity contribution in [3.8, 4) is 0 Å². The van der Waals surface area contributed by atoms with Gasteiger partial charge in [0.25, 0.3) is 5.91 Å². The van der Waals surface area contributed by atoms with Gasteiger partial charge in [0.1, 0.15) is 0 Å². The number of furan rings is 1. The number of nitrogens with zero attached hydrogens (tertiary/aromatic N) is 1. The third-order valence-corrected chi connectivity index (χ3v) is 3.73. The molecule has 6 nitrogen and oxygen atoms in total. The molecule has 0 saturated heterocycles. The lowest BCUT2D eigenvalue weighted by atomic mass is 9.91. The highest BCUT2D eigenvalue weighted by Crippen LogP contribution is 2.22. The van der Waals surface area contributed by atoms with E-state index in [1.807, 2.05) is 0 Å². The number of aliphatic hydroxyl groups excluding tert-OH is 1. The molecule has 2 amide bonds. The number of hydrogen-bond donors (Lipinski definition) is 2. The van der Waals surface area contributed by atoms with Crippen LogP contribution in [0.4, 0.5) is 0 Å². The Labute approximate surface area is 117 Å². The first-order chi connectivity index (χ1) is 9.59. The summed E-state index contributed by atoms with van der Waals surface area (Å²) < 4.78 is 4.94. The topological polar surface area (TPSA) is 82.8 Å². The summed E-state index contributed by atoms with van der Waals surface area (Å²) in [5.74, 6) is -0.449. The van der Waals surface area contributed by atoms with Crippen LogP contribution in [-0.4, -0.2) is 47.6 Å². The Morgan fingerprint density at radius 1 is 1.45 bits per heavy atom. The number of rotatable bonds is 4. The van der Waals surface area contributed by atoms with Crippen LogP contribution >= 0.6 is 0 Å². The minimum Gasteiger partial charge on any atom is -0.459 e. The average molecular weight is 280 g/mol. The first-order valence-corrected chi connectivity index (χ1v) is 6.85. The van der Waals surface area contributed by atoms with Crippen molar-refractivity contribution in [2.75, 3.05) is 13.6 Å². The minimum absolute atomic E-state index is 0.0980. The molecule has 2 rings (SSSR count). The van der Waals surface area contributed by atoms with E-state index in [4.69, 9.17) is 4.42 Å². The van der Waals surface area contributed by atoms with E-state index in [1.165, 1.54) is 17.2 Å². The van der Waals surface area contributed by atoms with Gasteiger partial charge in [0.2, 0.25) is 5.91 Å². The van der Waals surface area contributed by atoms with Crippen molar-refractivity contribution < 1.29 is 19.1 Å². The fourth-order valence-corrected chi connectivity index (χ4v) is 2.50. The van der Waals surface area contributed by atoms with Crippen molar-refractivity contribution in [2.45, 2.75) is 37.8 Å². The Balaban J connectivity index is 1.83.